The summed E-state index contributed by atoms with van der Waals surface area (Å²) in [5, 5.41) is 11.2. The van der Waals surface area contributed by atoms with Gasteiger partial charge in [0, 0.05) is 46.6 Å². The number of hydrogen-bond acceptors (Lipinski definition) is 4. The van der Waals surface area contributed by atoms with Crippen molar-refractivity contribution >= 4 is 23.2 Å². The molecule has 2 heterocycles. The van der Waals surface area contributed by atoms with Crippen LogP contribution >= 0.6 is 23.2 Å². The highest BCUT2D eigenvalue weighted by atomic mass is 35.5. The smallest absolute Gasteiger partial charge is 0.167 e. The van der Waals surface area contributed by atoms with Crippen LogP contribution in [0, 0.1) is 19.7 Å². The fourth-order valence-corrected chi connectivity index (χ4v) is 5.49. The number of β-amino-alcohol motifs (C(OH)–C–C–N with tert-alkyl or cyclic N) is 1. The number of rotatable bonds is 4. The van der Waals surface area contributed by atoms with Gasteiger partial charge in [0.15, 0.2) is 11.6 Å². The summed E-state index contributed by atoms with van der Waals surface area (Å²) in [6.45, 7) is 5.10. The van der Waals surface area contributed by atoms with E-state index in [1.165, 1.54) is 6.07 Å². The maximum Gasteiger partial charge on any atom is 0.167 e. The molecule has 1 saturated heterocycles. The molecular formula is C24H24Cl2FN3O2. The molecule has 168 valence electrons. The van der Waals surface area contributed by atoms with E-state index in [0.29, 0.717) is 35.1 Å². The summed E-state index contributed by atoms with van der Waals surface area (Å²) in [5.74, 6) is 0.509. The van der Waals surface area contributed by atoms with Gasteiger partial charge in [-0.15, -0.1) is 0 Å². The van der Waals surface area contributed by atoms with Crippen molar-refractivity contribution in [3.8, 4) is 11.4 Å². The van der Waals surface area contributed by atoms with Gasteiger partial charge in [-0.3, -0.25) is 4.90 Å². The van der Waals surface area contributed by atoms with Gasteiger partial charge in [-0.05, 0) is 56.5 Å². The second-order valence-corrected chi connectivity index (χ2v) is 9.46. The molecule has 32 heavy (non-hydrogen) atoms. The zero-order valence-corrected chi connectivity index (χ0v) is 19.4. The van der Waals surface area contributed by atoms with Gasteiger partial charge in [0.25, 0.3) is 0 Å². The van der Waals surface area contributed by atoms with Gasteiger partial charge < -0.3 is 14.4 Å². The Kier molecular flexibility index (Phi) is 5.66. The number of benzene rings is 2. The first kappa shape index (κ1) is 21.7. The number of aliphatic hydroxyl groups excluding tert-OH is 1. The molecule has 1 aromatic heterocycles. The normalized spacial score (nSPS) is 23.0. The molecule has 1 aliphatic carbocycles. The Hall–Kier alpha value is -2.12. The molecule has 0 amide bonds. The standard InChI is InChI=1S/C24H24Cl2FN3O2/c1-13-11-30(14(2)28-13)16-3-4-23(21(27)9-16)32-24-19-7-15(25)8-20(26)18(19)10-22(24)29-6-5-17(31)12-29/h3-4,7-9,11,17,22,24,31H,5-6,10,12H2,1-2H3/t17-,22+,24+/m1/s1. The van der Waals surface area contributed by atoms with Gasteiger partial charge in [-0.1, -0.05) is 23.2 Å². The molecule has 0 bridgehead atoms. The third-order valence-corrected chi connectivity index (χ3v) is 6.93. The molecule has 0 unspecified atom stereocenters. The first-order chi connectivity index (χ1) is 15.3. The van der Waals surface area contributed by atoms with Crippen molar-refractivity contribution < 1.29 is 14.2 Å². The molecule has 0 radical (unpaired) electrons. The number of imidazole rings is 1. The maximum absolute atomic E-state index is 15.2. The summed E-state index contributed by atoms with van der Waals surface area (Å²) >= 11 is 12.8. The average Bonchev–Trinajstić information content (AvgIpc) is 3.41. The molecule has 1 N–H and O–H groups in total. The van der Waals surface area contributed by atoms with E-state index in [4.69, 9.17) is 27.9 Å². The zero-order chi connectivity index (χ0) is 22.6. The van der Waals surface area contributed by atoms with Gasteiger partial charge in [-0.25, -0.2) is 9.37 Å². The van der Waals surface area contributed by atoms with Crippen molar-refractivity contribution in [3.63, 3.8) is 0 Å². The van der Waals surface area contributed by atoms with Crippen LogP contribution < -0.4 is 4.74 Å². The van der Waals surface area contributed by atoms with E-state index in [2.05, 4.69) is 9.88 Å². The van der Waals surface area contributed by atoms with Gasteiger partial charge in [-0.2, -0.15) is 0 Å². The lowest BCUT2D eigenvalue weighted by Crippen LogP contribution is -2.39. The number of fused-ring (bicyclic) bond motifs is 1. The van der Waals surface area contributed by atoms with Crippen LogP contribution in [0.15, 0.2) is 36.5 Å². The van der Waals surface area contributed by atoms with E-state index in [9.17, 15) is 5.11 Å². The molecular weight excluding hydrogens is 452 g/mol. The fraction of sp³-hybridized carbons (Fsp3) is 0.375. The van der Waals surface area contributed by atoms with Crippen LogP contribution in [-0.2, 0) is 6.42 Å². The minimum Gasteiger partial charge on any atom is -0.481 e. The number of likely N-dealkylation sites (tertiary alicyclic amines) is 1. The Morgan fingerprint density at radius 3 is 2.66 bits per heavy atom. The quantitative estimate of drug-likeness (QED) is 0.573. The van der Waals surface area contributed by atoms with Crippen LogP contribution in [0.1, 0.15) is 35.2 Å². The third kappa shape index (κ3) is 3.90. The molecule has 8 heteroatoms. The molecule has 5 nitrogen and oxygen atoms in total. The highest BCUT2D eigenvalue weighted by molar-refractivity contribution is 6.35. The predicted molar refractivity (Wildman–Crippen MR) is 123 cm³/mol. The lowest BCUT2D eigenvalue weighted by molar-refractivity contribution is 0.0790. The number of hydrogen-bond donors (Lipinski definition) is 1. The van der Waals surface area contributed by atoms with Gasteiger partial charge in [0.05, 0.1) is 17.8 Å². The Balaban J connectivity index is 1.49. The Morgan fingerprint density at radius 1 is 1.19 bits per heavy atom. The van der Waals surface area contributed by atoms with E-state index in [0.717, 1.165) is 29.2 Å². The van der Waals surface area contributed by atoms with E-state index >= 15 is 4.39 Å². The summed E-state index contributed by atoms with van der Waals surface area (Å²) in [6, 6.07) is 8.45. The molecule has 2 aliphatic rings. The number of aliphatic hydroxyl groups is 1. The second-order valence-electron chi connectivity index (χ2n) is 8.62. The lowest BCUT2D eigenvalue weighted by Gasteiger charge is -2.30. The highest BCUT2D eigenvalue weighted by Gasteiger charge is 2.42. The number of ether oxygens (including phenoxy) is 1. The van der Waals surface area contributed by atoms with Crippen LogP contribution in [0.5, 0.6) is 5.75 Å². The summed E-state index contributed by atoms with van der Waals surface area (Å²) in [7, 11) is 0. The van der Waals surface area contributed by atoms with Crippen LogP contribution in [0.3, 0.4) is 0 Å². The van der Waals surface area contributed by atoms with E-state index in [-0.39, 0.29) is 17.9 Å². The Morgan fingerprint density at radius 2 is 2.00 bits per heavy atom. The zero-order valence-electron chi connectivity index (χ0n) is 17.9. The summed E-state index contributed by atoms with van der Waals surface area (Å²) in [6.07, 6.45) is 2.44. The van der Waals surface area contributed by atoms with Gasteiger partial charge in [0.1, 0.15) is 11.9 Å². The molecule has 2 aromatic carbocycles. The number of aromatic nitrogens is 2. The summed E-state index contributed by atoms with van der Waals surface area (Å²) in [4.78, 5) is 6.58. The molecule has 1 aliphatic heterocycles. The molecule has 3 aromatic rings. The summed E-state index contributed by atoms with van der Waals surface area (Å²) in [5.41, 5.74) is 3.40. The van der Waals surface area contributed by atoms with E-state index < -0.39 is 11.9 Å². The molecule has 0 saturated carbocycles. The SMILES string of the molecule is Cc1cn(-c2ccc(O[C@H]3c4cc(Cl)cc(Cl)c4C[C@@H]3N3CC[C@@H](O)C3)c(F)c2)c(C)n1. The molecule has 3 atom stereocenters. The fourth-order valence-electron chi connectivity index (χ4n) is 4.90. The van der Waals surface area contributed by atoms with Crippen molar-refractivity contribution in [2.75, 3.05) is 13.1 Å². The van der Waals surface area contributed by atoms with Crippen LogP contribution in [-0.4, -0.2) is 44.8 Å². The first-order valence-electron chi connectivity index (χ1n) is 10.7. The lowest BCUT2D eigenvalue weighted by atomic mass is 10.1. The van der Waals surface area contributed by atoms with Crippen molar-refractivity contribution in [2.45, 2.75) is 44.9 Å². The highest BCUT2D eigenvalue weighted by Crippen LogP contribution is 2.43. The maximum atomic E-state index is 15.2. The molecule has 0 spiro atoms. The van der Waals surface area contributed by atoms with Crippen LogP contribution in [0.2, 0.25) is 10.0 Å². The van der Waals surface area contributed by atoms with Crippen LogP contribution in [0.4, 0.5) is 4.39 Å². The van der Waals surface area contributed by atoms with Crippen molar-refractivity contribution in [1.29, 1.82) is 0 Å². The minimum absolute atomic E-state index is 0.0595. The van der Waals surface area contributed by atoms with Crippen molar-refractivity contribution in [1.82, 2.24) is 14.5 Å². The number of nitrogens with zero attached hydrogens (tertiary/aromatic N) is 3. The average molecular weight is 476 g/mol. The van der Waals surface area contributed by atoms with Gasteiger partial charge in [0.2, 0.25) is 0 Å². The summed E-state index contributed by atoms with van der Waals surface area (Å²) < 4.78 is 23.3. The van der Waals surface area contributed by atoms with Gasteiger partial charge >= 0.3 is 0 Å². The largest absolute Gasteiger partial charge is 0.481 e. The topological polar surface area (TPSA) is 50.5 Å². The molecule has 5 rings (SSSR count). The van der Waals surface area contributed by atoms with Crippen LogP contribution in [0.25, 0.3) is 5.69 Å². The van der Waals surface area contributed by atoms with E-state index in [1.54, 1.807) is 12.1 Å². The number of aryl methyl sites for hydroxylation is 2. The second kappa shape index (κ2) is 8.34. The predicted octanol–water partition coefficient (Wildman–Crippen LogP) is 5.05. The monoisotopic (exact) mass is 475 g/mol. The first-order valence-corrected chi connectivity index (χ1v) is 11.4. The number of halogens is 3. The Bertz CT molecular complexity index is 1180. The third-order valence-electron chi connectivity index (χ3n) is 6.38. The minimum atomic E-state index is -0.449. The van der Waals surface area contributed by atoms with E-state index in [1.807, 2.05) is 36.7 Å². The molecule has 1 fully saturated rings. The van der Waals surface area contributed by atoms with Crippen molar-refractivity contribution in [3.05, 3.63) is 75.0 Å². The van der Waals surface area contributed by atoms with Crippen molar-refractivity contribution in [2.24, 2.45) is 0 Å². The Labute approximate surface area is 196 Å².